The van der Waals surface area contributed by atoms with Crippen molar-refractivity contribution in [3.05, 3.63) is 53.1 Å². The van der Waals surface area contributed by atoms with Crippen LogP contribution in [-0.4, -0.2) is 10.9 Å². The Hall–Kier alpha value is -2.55. The lowest BCUT2D eigenvalue weighted by atomic mass is 10.0. The molecule has 3 aromatic rings. The van der Waals surface area contributed by atoms with Gasteiger partial charge in [-0.25, -0.2) is 0 Å². The zero-order valence-electron chi connectivity index (χ0n) is 13.5. The van der Waals surface area contributed by atoms with Crippen molar-refractivity contribution >= 4 is 22.5 Å². The van der Waals surface area contributed by atoms with Gasteiger partial charge in [0.2, 0.25) is 5.91 Å². The Labute approximate surface area is 135 Å². The summed E-state index contributed by atoms with van der Waals surface area (Å²) >= 11 is 0. The second-order valence-electron chi connectivity index (χ2n) is 6.43. The molecule has 0 unspecified atom stereocenters. The number of aromatic amines is 1. The molecule has 2 aromatic carbocycles. The summed E-state index contributed by atoms with van der Waals surface area (Å²) in [4.78, 5) is 14.9. The summed E-state index contributed by atoms with van der Waals surface area (Å²) in [5.74, 6) is -0.0275. The molecule has 0 saturated carbocycles. The number of fused-ring (bicyclic) bond motifs is 5. The Bertz CT molecular complexity index is 921. The van der Waals surface area contributed by atoms with Gasteiger partial charge in [0.15, 0.2) is 0 Å². The minimum atomic E-state index is -0.0275. The van der Waals surface area contributed by atoms with Crippen LogP contribution in [0.15, 0.2) is 36.4 Å². The first kappa shape index (κ1) is 14.1. The smallest absolute Gasteiger partial charge is 0.221 e. The molecule has 0 saturated heterocycles. The van der Waals surface area contributed by atoms with Gasteiger partial charge in [-0.2, -0.15) is 0 Å². The first-order chi connectivity index (χ1) is 11.1. The minimum absolute atomic E-state index is 0.0275. The van der Waals surface area contributed by atoms with Crippen molar-refractivity contribution in [1.29, 1.82) is 0 Å². The highest BCUT2D eigenvalue weighted by Gasteiger charge is 2.19. The molecule has 0 radical (unpaired) electrons. The molecule has 23 heavy (non-hydrogen) atoms. The van der Waals surface area contributed by atoms with E-state index in [0.29, 0.717) is 0 Å². The average Bonchev–Trinajstić information content (AvgIpc) is 2.75. The van der Waals surface area contributed by atoms with Crippen molar-refractivity contribution in [3.8, 4) is 11.3 Å². The van der Waals surface area contributed by atoms with Crippen molar-refractivity contribution in [3.63, 3.8) is 0 Å². The Kier molecular flexibility index (Phi) is 3.22. The molecule has 4 rings (SSSR count). The highest BCUT2D eigenvalue weighted by atomic mass is 16.1. The van der Waals surface area contributed by atoms with Crippen LogP contribution in [0.1, 0.15) is 30.0 Å². The molecule has 0 bridgehead atoms. The van der Waals surface area contributed by atoms with Gasteiger partial charge in [-0.15, -0.1) is 0 Å². The number of rotatable bonds is 1. The number of hydrogen-bond donors (Lipinski definition) is 2. The maximum Gasteiger partial charge on any atom is 0.221 e. The molecule has 1 heterocycles. The van der Waals surface area contributed by atoms with Gasteiger partial charge in [-0.1, -0.05) is 17.7 Å². The van der Waals surface area contributed by atoms with Gasteiger partial charge < -0.3 is 10.3 Å². The van der Waals surface area contributed by atoms with E-state index >= 15 is 0 Å². The zero-order chi connectivity index (χ0) is 16.0. The molecule has 116 valence electrons. The first-order valence-corrected chi connectivity index (χ1v) is 8.14. The lowest BCUT2D eigenvalue weighted by Gasteiger charge is -2.09. The molecule has 3 heteroatoms. The van der Waals surface area contributed by atoms with Gasteiger partial charge in [0.05, 0.1) is 0 Å². The lowest BCUT2D eigenvalue weighted by molar-refractivity contribution is -0.114. The summed E-state index contributed by atoms with van der Waals surface area (Å²) in [7, 11) is 0. The van der Waals surface area contributed by atoms with Crippen LogP contribution in [0, 0.1) is 6.92 Å². The van der Waals surface area contributed by atoms with E-state index in [2.05, 4.69) is 47.6 Å². The summed E-state index contributed by atoms with van der Waals surface area (Å²) in [6, 6.07) is 12.8. The quantitative estimate of drug-likeness (QED) is 0.678. The zero-order valence-corrected chi connectivity index (χ0v) is 13.5. The number of nitrogens with one attached hydrogen (secondary N) is 2. The molecular weight excluding hydrogens is 284 g/mol. The standard InChI is InChI=1S/C20H20N2O/c1-12-6-9-19-18(10-12)17-5-3-4-14-11-15(21-13(2)23)7-8-16(14)20(17)22-19/h6-11,22H,3-5H2,1-2H3,(H,21,23). The van der Waals surface area contributed by atoms with Crippen LogP contribution in [0.4, 0.5) is 5.69 Å². The van der Waals surface area contributed by atoms with Crippen LogP contribution in [0.5, 0.6) is 0 Å². The Balaban J connectivity index is 1.89. The van der Waals surface area contributed by atoms with E-state index in [1.807, 2.05) is 6.07 Å². The third-order valence-corrected chi connectivity index (χ3v) is 4.63. The summed E-state index contributed by atoms with van der Waals surface area (Å²) in [6.45, 7) is 3.69. The number of hydrogen-bond acceptors (Lipinski definition) is 1. The third-order valence-electron chi connectivity index (χ3n) is 4.63. The van der Waals surface area contributed by atoms with Crippen LogP contribution >= 0.6 is 0 Å². The molecule has 1 aliphatic carbocycles. The largest absolute Gasteiger partial charge is 0.354 e. The van der Waals surface area contributed by atoms with Crippen LogP contribution in [0.2, 0.25) is 0 Å². The van der Waals surface area contributed by atoms with Crippen LogP contribution in [0.25, 0.3) is 22.2 Å². The van der Waals surface area contributed by atoms with Crippen molar-refractivity contribution in [2.45, 2.75) is 33.1 Å². The van der Waals surface area contributed by atoms with E-state index in [0.717, 1.165) is 24.9 Å². The molecule has 1 aliphatic rings. The Morgan fingerprint density at radius 2 is 2.00 bits per heavy atom. The molecule has 2 N–H and O–H groups in total. The van der Waals surface area contributed by atoms with E-state index < -0.39 is 0 Å². The Morgan fingerprint density at radius 3 is 2.83 bits per heavy atom. The van der Waals surface area contributed by atoms with Gasteiger partial charge in [0.1, 0.15) is 0 Å². The first-order valence-electron chi connectivity index (χ1n) is 8.14. The van der Waals surface area contributed by atoms with Crippen molar-refractivity contribution in [1.82, 2.24) is 4.98 Å². The van der Waals surface area contributed by atoms with Crippen LogP contribution in [-0.2, 0) is 17.6 Å². The number of aryl methyl sites for hydroxylation is 3. The number of carbonyl (C=O) groups is 1. The number of benzene rings is 2. The fourth-order valence-electron chi connectivity index (χ4n) is 3.63. The molecule has 3 nitrogen and oxygen atoms in total. The SMILES string of the molecule is CC(=O)Nc1ccc2c(c1)CCCc1c-2[nH]c2ccc(C)cc12. The van der Waals surface area contributed by atoms with E-state index in [-0.39, 0.29) is 5.91 Å². The molecule has 0 aliphatic heterocycles. The maximum absolute atomic E-state index is 11.3. The van der Waals surface area contributed by atoms with E-state index in [1.54, 1.807) is 6.92 Å². The molecule has 1 amide bonds. The number of aromatic nitrogens is 1. The molecule has 0 atom stereocenters. The van der Waals surface area contributed by atoms with E-state index in [9.17, 15) is 4.79 Å². The number of carbonyl (C=O) groups excluding carboxylic acids is 1. The predicted octanol–water partition coefficient (Wildman–Crippen LogP) is 4.59. The van der Waals surface area contributed by atoms with Gasteiger partial charge in [0.25, 0.3) is 0 Å². The Morgan fingerprint density at radius 1 is 1.13 bits per heavy atom. The average molecular weight is 304 g/mol. The lowest BCUT2D eigenvalue weighted by Crippen LogP contribution is -2.06. The normalized spacial score (nSPS) is 13.3. The minimum Gasteiger partial charge on any atom is -0.354 e. The van der Waals surface area contributed by atoms with E-state index in [1.165, 1.54) is 38.9 Å². The van der Waals surface area contributed by atoms with Crippen molar-refractivity contribution in [2.24, 2.45) is 0 Å². The van der Waals surface area contributed by atoms with Crippen LogP contribution in [0.3, 0.4) is 0 Å². The fourth-order valence-corrected chi connectivity index (χ4v) is 3.63. The van der Waals surface area contributed by atoms with Crippen molar-refractivity contribution < 1.29 is 4.79 Å². The maximum atomic E-state index is 11.3. The third kappa shape index (κ3) is 2.42. The molecular formula is C20H20N2O. The van der Waals surface area contributed by atoms with Gasteiger partial charge >= 0.3 is 0 Å². The fraction of sp³-hybridized carbons (Fsp3) is 0.250. The number of H-pyrrole nitrogens is 1. The molecule has 0 fully saturated rings. The summed E-state index contributed by atoms with van der Waals surface area (Å²) in [5.41, 5.74) is 8.62. The topological polar surface area (TPSA) is 44.9 Å². The number of amides is 1. The summed E-state index contributed by atoms with van der Waals surface area (Å²) < 4.78 is 0. The van der Waals surface area contributed by atoms with Crippen LogP contribution < -0.4 is 5.32 Å². The highest BCUT2D eigenvalue weighted by Crippen LogP contribution is 2.37. The van der Waals surface area contributed by atoms with E-state index in [4.69, 9.17) is 0 Å². The molecule has 1 aromatic heterocycles. The molecule has 0 spiro atoms. The second-order valence-corrected chi connectivity index (χ2v) is 6.43. The summed E-state index contributed by atoms with van der Waals surface area (Å²) in [6.07, 6.45) is 3.26. The predicted molar refractivity (Wildman–Crippen MR) is 94.8 cm³/mol. The second kappa shape index (κ2) is 5.27. The summed E-state index contributed by atoms with van der Waals surface area (Å²) in [5, 5.41) is 4.23. The van der Waals surface area contributed by atoms with Gasteiger partial charge in [-0.3, -0.25) is 4.79 Å². The number of anilines is 1. The highest BCUT2D eigenvalue weighted by molar-refractivity contribution is 5.93. The van der Waals surface area contributed by atoms with Gasteiger partial charge in [0, 0.05) is 34.8 Å². The van der Waals surface area contributed by atoms with Gasteiger partial charge in [-0.05, 0) is 61.6 Å². The van der Waals surface area contributed by atoms with Crippen molar-refractivity contribution in [2.75, 3.05) is 5.32 Å². The monoisotopic (exact) mass is 304 g/mol.